The van der Waals surface area contributed by atoms with Gasteiger partial charge in [-0.05, 0) is 47.6 Å². The van der Waals surface area contributed by atoms with Gasteiger partial charge in [0.25, 0.3) is 0 Å². The van der Waals surface area contributed by atoms with Gasteiger partial charge >= 0.3 is 0 Å². The van der Waals surface area contributed by atoms with Crippen molar-refractivity contribution in [3.8, 4) is 0 Å². The maximum absolute atomic E-state index is 10.9. The molecule has 1 N–H and O–H groups in total. The van der Waals surface area contributed by atoms with Crippen molar-refractivity contribution in [1.82, 2.24) is 0 Å². The molecule has 0 spiro atoms. The van der Waals surface area contributed by atoms with E-state index in [1.165, 1.54) is 17.2 Å². The van der Waals surface area contributed by atoms with Gasteiger partial charge in [-0.15, -0.1) is 0 Å². The van der Waals surface area contributed by atoms with E-state index in [1.54, 1.807) is 0 Å². The third kappa shape index (κ3) is 2.04. The molecule has 2 aromatic carbocycles. The van der Waals surface area contributed by atoms with Gasteiger partial charge < -0.3 is 5.11 Å². The predicted octanol–water partition coefficient (Wildman–Crippen LogP) is 4.24. The molecule has 1 saturated carbocycles. The summed E-state index contributed by atoms with van der Waals surface area (Å²) in [5.74, 6) is 0.621. The average Bonchev–Trinajstić information content (AvgIpc) is 2.38. The molecule has 1 aliphatic rings. The molecule has 0 radical (unpaired) electrons. The Morgan fingerprint density at radius 2 is 1.89 bits per heavy atom. The number of fused-ring (bicyclic) bond motifs is 1. The van der Waals surface area contributed by atoms with Gasteiger partial charge in [-0.1, -0.05) is 49.7 Å². The molecule has 0 aromatic heterocycles. The van der Waals surface area contributed by atoms with Gasteiger partial charge in [0.05, 0.1) is 5.60 Å². The van der Waals surface area contributed by atoms with Crippen molar-refractivity contribution in [3.05, 3.63) is 48.0 Å². The number of hydrogen-bond donors (Lipinski definition) is 1. The minimum absolute atomic E-state index is 0.609. The van der Waals surface area contributed by atoms with Crippen LogP contribution in [0.25, 0.3) is 10.8 Å². The van der Waals surface area contributed by atoms with Crippen LogP contribution in [-0.4, -0.2) is 5.11 Å². The van der Waals surface area contributed by atoms with E-state index in [2.05, 4.69) is 49.4 Å². The van der Waals surface area contributed by atoms with Crippen LogP contribution in [0.4, 0.5) is 0 Å². The molecule has 18 heavy (non-hydrogen) atoms. The summed E-state index contributed by atoms with van der Waals surface area (Å²) in [6, 6.07) is 14.7. The molecule has 1 aliphatic carbocycles. The first-order chi connectivity index (χ1) is 8.67. The number of aliphatic hydroxyl groups is 1. The van der Waals surface area contributed by atoms with Crippen molar-refractivity contribution in [3.63, 3.8) is 0 Å². The van der Waals surface area contributed by atoms with Gasteiger partial charge in [0.15, 0.2) is 0 Å². The Hall–Kier alpha value is -1.34. The van der Waals surface area contributed by atoms with Gasteiger partial charge in [0, 0.05) is 0 Å². The molecule has 3 rings (SSSR count). The summed E-state index contributed by atoms with van der Waals surface area (Å²) in [7, 11) is 0. The molecule has 0 bridgehead atoms. The van der Waals surface area contributed by atoms with E-state index in [-0.39, 0.29) is 0 Å². The smallest absolute Gasteiger partial charge is 0.0899 e. The third-order valence-corrected chi connectivity index (χ3v) is 4.26. The first-order valence-electron chi connectivity index (χ1n) is 6.89. The van der Waals surface area contributed by atoms with Crippen LogP contribution in [0.1, 0.15) is 38.2 Å². The van der Waals surface area contributed by atoms with Crippen LogP contribution in [0.3, 0.4) is 0 Å². The summed E-state index contributed by atoms with van der Waals surface area (Å²) in [6.07, 6.45) is 4.17. The molecule has 1 heteroatoms. The van der Waals surface area contributed by atoms with Gasteiger partial charge in [-0.2, -0.15) is 0 Å². The topological polar surface area (TPSA) is 20.2 Å². The Kier molecular flexibility index (Phi) is 2.87. The van der Waals surface area contributed by atoms with Crippen LogP contribution in [0.15, 0.2) is 42.5 Å². The highest BCUT2D eigenvalue weighted by Gasteiger charge is 2.34. The largest absolute Gasteiger partial charge is 0.385 e. The molecule has 1 nitrogen and oxygen atoms in total. The Balaban J connectivity index is 2.02. The van der Waals surface area contributed by atoms with E-state index in [0.29, 0.717) is 5.92 Å². The molecular formula is C17H20O. The van der Waals surface area contributed by atoms with Gasteiger partial charge in [-0.3, -0.25) is 0 Å². The summed E-state index contributed by atoms with van der Waals surface area (Å²) in [5, 5.41) is 13.3. The van der Waals surface area contributed by atoms with E-state index in [0.717, 1.165) is 24.8 Å². The monoisotopic (exact) mass is 240 g/mol. The normalized spacial score (nSPS) is 28.4. The Morgan fingerprint density at radius 3 is 2.67 bits per heavy atom. The zero-order valence-electron chi connectivity index (χ0n) is 10.9. The second-order valence-corrected chi connectivity index (χ2v) is 5.80. The quantitative estimate of drug-likeness (QED) is 0.790. The minimum Gasteiger partial charge on any atom is -0.385 e. The van der Waals surface area contributed by atoms with Crippen molar-refractivity contribution in [2.45, 2.75) is 38.2 Å². The van der Waals surface area contributed by atoms with E-state index in [9.17, 15) is 5.11 Å². The molecule has 0 amide bonds. The average molecular weight is 240 g/mol. The zero-order chi connectivity index (χ0) is 12.6. The van der Waals surface area contributed by atoms with E-state index < -0.39 is 5.60 Å². The fraction of sp³-hybridized carbons (Fsp3) is 0.412. The Bertz CT molecular complexity index is 560. The summed E-state index contributed by atoms with van der Waals surface area (Å²) in [6.45, 7) is 2.24. The molecule has 2 atom stereocenters. The molecule has 2 aromatic rings. The fourth-order valence-corrected chi connectivity index (χ4v) is 3.26. The molecule has 0 heterocycles. The lowest BCUT2D eigenvalue weighted by molar-refractivity contribution is -0.0177. The van der Waals surface area contributed by atoms with Gasteiger partial charge in [0.1, 0.15) is 0 Å². The lowest BCUT2D eigenvalue weighted by Gasteiger charge is -2.36. The van der Waals surface area contributed by atoms with E-state index in [1.807, 2.05) is 0 Å². The maximum atomic E-state index is 10.9. The molecule has 2 unspecified atom stereocenters. The first-order valence-corrected chi connectivity index (χ1v) is 6.89. The summed E-state index contributed by atoms with van der Waals surface area (Å²) < 4.78 is 0. The number of benzene rings is 2. The van der Waals surface area contributed by atoms with Gasteiger partial charge in [-0.25, -0.2) is 0 Å². The molecule has 0 aliphatic heterocycles. The minimum atomic E-state index is -0.609. The van der Waals surface area contributed by atoms with Crippen LogP contribution < -0.4 is 0 Å². The first kappa shape index (κ1) is 11.7. The van der Waals surface area contributed by atoms with Crippen molar-refractivity contribution in [2.24, 2.45) is 5.92 Å². The van der Waals surface area contributed by atoms with Crippen molar-refractivity contribution in [1.29, 1.82) is 0 Å². The van der Waals surface area contributed by atoms with E-state index >= 15 is 0 Å². The lowest BCUT2D eigenvalue weighted by atomic mass is 9.75. The van der Waals surface area contributed by atoms with Crippen LogP contribution in [0.2, 0.25) is 0 Å². The molecular weight excluding hydrogens is 220 g/mol. The van der Waals surface area contributed by atoms with Crippen LogP contribution >= 0.6 is 0 Å². The van der Waals surface area contributed by atoms with Crippen LogP contribution in [0, 0.1) is 5.92 Å². The standard InChI is InChI=1S/C17H20O/c1-13-5-4-10-17(18,12-13)16-9-8-14-6-2-3-7-15(14)11-16/h2-3,6-9,11,13,18H,4-5,10,12H2,1H3. The third-order valence-electron chi connectivity index (χ3n) is 4.26. The van der Waals surface area contributed by atoms with Crippen molar-refractivity contribution >= 4 is 10.8 Å². The Labute approximate surface area is 108 Å². The molecule has 94 valence electrons. The number of rotatable bonds is 1. The van der Waals surface area contributed by atoms with Gasteiger partial charge in [0.2, 0.25) is 0 Å². The predicted molar refractivity (Wildman–Crippen MR) is 75.5 cm³/mol. The second kappa shape index (κ2) is 4.40. The van der Waals surface area contributed by atoms with Crippen LogP contribution in [-0.2, 0) is 5.60 Å². The maximum Gasteiger partial charge on any atom is 0.0899 e. The number of hydrogen-bond acceptors (Lipinski definition) is 1. The van der Waals surface area contributed by atoms with E-state index in [4.69, 9.17) is 0 Å². The second-order valence-electron chi connectivity index (χ2n) is 5.80. The summed E-state index contributed by atoms with van der Waals surface area (Å²) in [4.78, 5) is 0. The SMILES string of the molecule is CC1CCCC(O)(c2ccc3ccccc3c2)C1. The molecule has 0 saturated heterocycles. The zero-order valence-corrected chi connectivity index (χ0v) is 10.9. The molecule has 1 fully saturated rings. The highest BCUT2D eigenvalue weighted by Crippen LogP contribution is 2.40. The Morgan fingerprint density at radius 1 is 1.11 bits per heavy atom. The van der Waals surface area contributed by atoms with Crippen molar-refractivity contribution in [2.75, 3.05) is 0 Å². The highest BCUT2D eigenvalue weighted by molar-refractivity contribution is 5.83. The fourth-order valence-electron chi connectivity index (χ4n) is 3.26. The van der Waals surface area contributed by atoms with Crippen LogP contribution in [0.5, 0.6) is 0 Å². The summed E-state index contributed by atoms with van der Waals surface area (Å²) in [5.41, 5.74) is 0.481. The van der Waals surface area contributed by atoms with Crippen molar-refractivity contribution < 1.29 is 5.11 Å². The highest BCUT2D eigenvalue weighted by atomic mass is 16.3. The summed E-state index contributed by atoms with van der Waals surface area (Å²) >= 11 is 0. The lowest BCUT2D eigenvalue weighted by Crippen LogP contribution is -2.31.